The summed E-state index contributed by atoms with van der Waals surface area (Å²) in [5.74, 6) is -0.00794. The molecular weight excluding hydrogens is 250 g/mol. The van der Waals surface area contributed by atoms with E-state index in [4.69, 9.17) is 5.26 Å². The molecule has 0 atom stereocenters. The standard InChI is InChI=1S/C13H14NOS2/c1-13(2,9-14)17-12(16-3)11(15)10-7-5-4-6-8-10/h4-8H,1-3H3. The minimum Gasteiger partial charge on any atom is -0.287 e. The Balaban J connectivity index is 3.05. The summed E-state index contributed by atoms with van der Waals surface area (Å²) in [6, 6.07) is 11.3. The van der Waals surface area contributed by atoms with Crippen molar-refractivity contribution in [1.29, 1.82) is 5.26 Å². The quantitative estimate of drug-likeness (QED) is 0.768. The molecule has 1 aromatic rings. The van der Waals surface area contributed by atoms with Crippen molar-refractivity contribution in [3.8, 4) is 6.07 Å². The molecule has 0 spiro atoms. The lowest BCUT2D eigenvalue weighted by Gasteiger charge is -2.16. The van der Waals surface area contributed by atoms with E-state index in [0.717, 1.165) is 0 Å². The Morgan fingerprint density at radius 1 is 1.29 bits per heavy atom. The van der Waals surface area contributed by atoms with Crippen LogP contribution in [0.3, 0.4) is 0 Å². The first-order valence-corrected chi connectivity index (χ1v) is 7.15. The van der Waals surface area contributed by atoms with Gasteiger partial charge in [0.25, 0.3) is 0 Å². The van der Waals surface area contributed by atoms with Crippen LogP contribution in [0.1, 0.15) is 19.4 Å². The molecule has 0 aliphatic heterocycles. The number of thioether (sulfide) groups is 2. The van der Waals surface area contributed by atoms with Gasteiger partial charge in [-0.1, -0.05) is 42.1 Å². The van der Waals surface area contributed by atoms with Crippen LogP contribution in [0, 0.1) is 11.3 Å². The Hall–Kier alpha value is -1.05. The van der Waals surface area contributed by atoms with Gasteiger partial charge in [0.05, 0.1) is 10.3 Å². The van der Waals surface area contributed by atoms with Crippen LogP contribution in [0.4, 0.5) is 0 Å². The normalized spacial score (nSPS) is 12.8. The largest absolute Gasteiger partial charge is 0.287 e. The van der Waals surface area contributed by atoms with Crippen LogP contribution in [0.15, 0.2) is 34.6 Å². The molecule has 4 heteroatoms. The zero-order chi connectivity index (χ0) is 12.9. The van der Waals surface area contributed by atoms with Crippen molar-refractivity contribution >= 4 is 29.3 Å². The van der Waals surface area contributed by atoms with E-state index >= 15 is 0 Å². The second-order valence-electron chi connectivity index (χ2n) is 3.91. The lowest BCUT2D eigenvalue weighted by Crippen LogP contribution is -2.10. The number of benzene rings is 1. The molecule has 0 aromatic heterocycles. The maximum atomic E-state index is 12.2. The summed E-state index contributed by atoms with van der Waals surface area (Å²) in [5.41, 5.74) is 0.665. The van der Waals surface area contributed by atoms with E-state index < -0.39 is 4.75 Å². The first kappa shape index (κ1) is 14.0. The maximum absolute atomic E-state index is 12.2. The lowest BCUT2D eigenvalue weighted by atomic mass is 10.2. The summed E-state index contributed by atoms with van der Waals surface area (Å²) in [6.07, 6.45) is 1.86. The molecule has 0 aliphatic rings. The molecule has 0 amide bonds. The highest BCUT2D eigenvalue weighted by atomic mass is 32.2. The van der Waals surface area contributed by atoms with Crippen molar-refractivity contribution in [3.63, 3.8) is 0 Å². The Morgan fingerprint density at radius 3 is 2.35 bits per heavy atom. The summed E-state index contributed by atoms with van der Waals surface area (Å²) in [7, 11) is 0. The van der Waals surface area contributed by atoms with Crippen LogP contribution in [-0.2, 0) is 5.11 Å². The molecule has 0 unspecified atom stereocenters. The molecule has 0 heterocycles. The molecule has 0 saturated carbocycles. The second-order valence-corrected chi connectivity index (χ2v) is 6.62. The number of nitriles is 1. The molecule has 0 bridgehead atoms. The summed E-state index contributed by atoms with van der Waals surface area (Å²) < 4.78 is 0.0748. The van der Waals surface area contributed by atoms with Gasteiger partial charge in [0.2, 0.25) is 5.76 Å². The number of nitrogens with zero attached hydrogens (tertiary/aromatic N) is 1. The van der Waals surface area contributed by atoms with Gasteiger partial charge in [-0.3, -0.25) is 5.11 Å². The van der Waals surface area contributed by atoms with E-state index in [0.29, 0.717) is 9.80 Å². The Bertz CT molecular complexity index is 446. The van der Waals surface area contributed by atoms with E-state index in [1.54, 1.807) is 12.1 Å². The van der Waals surface area contributed by atoms with E-state index in [1.165, 1.54) is 23.5 Å². The minimum atomic E-state index is -0.581. The minimum absolute atomic E-state index is 0.00794. The lowest BCUT2D eigenvalue weighted by molar-refractivity contribution is 0.389. The van der Waals surface area contributed by atoms with Crippen LogP contribution in [0.25, 0.3) is 5.76 Å². The van der Waals surface area contributed by atoms with E-state index in [-0.39, 0.29) is 5.76 Å². The zero-order valence-electron chi connectivity index (χ0n) is 10.1. The van der Waals surface area contributed by atoms with Gasteiger partial charge in [-0.25, -0.2) is 0 Å². The van der Waals surface area contributed by atoms with Crippen LogP contribution in [0.2, 0.25) is 0 Å². The molecule has 0 saturated heterocycles. The Morgan fingerprint density at radius 2 is 1.88 bits per heavy atom. The van der Waals surface area contributed by atoms with Crippen LogP contribution in [-0.4, -0.2) is 11.0 Å². The fourth-order valence-electron chi connectivity index (χ4n) is 1.14. The van der Waals surface area contributed by atoms with Gasteiger partial charge in [-0.15, -0.1) is 11.8 Å². The fraction of sp³-hybridized carbons (Fsp3) is 0.308. The Labute approximate surface area is 111 Å². The molecule has 17 heavy (non-hydrogen) atoms. The number of hydrogen-bond donors (Lipinski definition) is 0. The van der Waals surface area contributed by atoms with Crippen LogP contribution >= 0.6 is 23.5 Å². The van der Waals surface area contributed by atoms with Gasteiger partial charge in [-0.05, 0) is 20.1 Å². The fourth-order valence-corrected chi connectivity index (χ4v) is 3.12. The van der Waals surface area contributed by atoms with Crippen molar-refractivity contribution < 1.29 is 5.11 Å². The smallest absolute Gasteiger partial charge is 0.205 e. The number of hydrogen-bond acceptors (Lipinski definition) is 3. The highest BCUT2D eigenvalue weighted by molar-refractivity contribution is 8.22. The molecule has 1 radical (unpaired) electrons. The first-order valence-electron chi connectivity index (χ1n) is 5.11. The topological polar surface area (TPSA) is 43.7 Å². The van der Waals surface area contributed by atoms with E-state index in [2.05, 4.69) is 6.07 Å². The average Bonchev–Trinajstić information content (AvgIpc) is 2.36. The molecule has 0 fully saturated rings. The van der Waals surface area contributed by atoms with Gasteiger partial charge in [-0.2, -0.15) is 5.26 Å². The average molecular weight is 264 g/mol. The van der Waals surface area contributed by atoms with E-state index in [9.17, 15) is 5.11 Å². The molecule has 0 aliphatic carbocycles. The second kappa shape index (κ2) is 6.04. The molecule has 1 rings (SSSR count). The molecule has 89 valence electrons. The summed E-state index contributed by atoms with van der Waals surface area (Å²) in [6.45, 7) is 3.62. The van der Waals surface area contributed by atoms with Crippen molar-refractivity contribution in [1.82, 2.24) is 0 Å². The number of rotatable bonds is 4. The Kier molecular flexibility index (Phi) is 4.98. The predicted octanol–water partition coefficient (Wildman–Crippen LogP) is 4.14. The third kappa shape index (κ3) is 4.03. The van der Waals surface area contributed by atoms with Crippen LogP contribution in [0.5, 0.6) is 0 Å². The summed E-state index contributed by atoms with van der Waals surface area (Å²) in [4.78, 5) is 0. The van der Waals surface area contributed by atoms with Gasteiger partial charge >= 0.3 is 0 Å². The van der Waals surface area contributed by atoms with Crippen molar-refractivity contribution in [2.75, 3.05) is 6.26 Å². The SMILES string of the molecule is CSC(SC(C)(C)C#N)=C([O])c1ccccc1. The van der Waals surface area contributed by atoms with Crippen LogP contribution < -0.4 is 0 Å². The van der Waals surface area contributed by atoms with Crippen molar-refractivity contribution in [3.05, 3.63) is 40.1 Å². The van der Waals surface area contributed by atoms with Gasteiger partial charge in [0.1, 0.15) is 4.75 Å². The van der Waals surface area contributed by atoms with E-state index in [1.807, 2.05) is 38.3 Å². The third-order valence-electron chi connectivity index (χ3n) is 2.02. The van der Waals surface area contributed by atoms with Gasteiger partial charge in [0, 0.05) is 5.56 Å². The molecule has 1 aromatic carbocycles. The predicted molar refractivity (Wildman–Crippen MR) is 74.8 cm³/mol. The highest BCUT2D eigenvalue weighted by Crippen LogP contribution is 2.40. The van der Waals surface area contributed by atoms with Gasteiger partial charge in [0.15, 0.2) is 0 Å². The molecule has 2 nitrogen and oxygen atoms in total. The van der Waals surface area contributed by atoms with Gasteiger partial charge < -0.3 is 0 Å². The highest BCUT2D eigenvalue weighted by Gasteiger charge is 2.23. The monoisotopic (exact) mass is 264 g/mol. The summed E-state index contributed by atoms with van der Waals surface area (Å²) >= 11 is 2.71. The van der Waals surface area contributed by atoms with Crippen molar-refractivity contribution in [2.45, 2.75) is 18.6 Å². The molecular formula is C13H14NOS2. The first-order chi connectivity index (χ1) is 8.00. The summed E-state index contributed by atoms with van der Waals surface area (Å²) in [5, 5.41) is 21.2. The van der Waals surface area contributed by atoms with Crippen molar-refractivity contribution in [2.24, 2.45) is 0 Å². The maximum Gasteiger partial charge on any atom is 0.205 e. The zero-order valence-corrected chi connectivity index (χ0v) is 11.7. The molecule has 0 N–H and O–H groups in total. The third-order valence-corrected chi connectivity index (χ3v) is 4.30.